The topological polar surface area (TPSA) is 123 Å². The van der Waals surface area contributed by atoms with Gasteiger partial charge in [0.2, 0.25) is 15.9 Å². The molecule has 0 atom stereocenters. The molecular weight excluding hydrogens is 422 g/mol. The van der Waals surface area contributed by atoms with Gasteiger partial charge in [-0.05, 0) is 50.2 Å². The highest BCUT2D eigenvalue weighted by atomic mass is 32.2. The lowest BCUT2D eigenvalue weighted by Crippen LogP contribution is -2.34. The number of rotatable bonds is 11. The highest BCUT2D eigenvalue weighted by molar-refractivity contribution is 7.89. The number of sulfonamides is 1. The fourth-order valence-electron chi connectivity index (χ4n) is 2.68. The summed E-state index contributed by atoms with van der Waals surface area (Å²) in [6.07, 6.45) is 0. The van der Waals surface area contributed by atoms with Crippen LogP contribution in [-0.2, 0) is 14.8 Å². The summed E-state index contributed by atoms with van der Waals surface area (Å²) in [5, 5.41) is 5.26. The van der Waals surface area contributed by atoms with Gasteiger partial charge in [-0.3, -0.25) is 9.59 Å². The Balaban J connectivity index is 1.96. The number of amides is 2. The van der Waals surface area contributed by atoms with Gasteiger partial charge in [0.15, 0.2) is 0 Å². The van der Waals surface area contributed by atoms with Crippen molar-refractivity contribution in [3.8, 4) is 11.5 Å². The Morgan fingerprint density at radius 3 is 2.23 bits per heavy atom. The fourth-order valence-corrected chi connectivity index (χ4v) is 3.87. The molecule has 31 heavy (non-hydrogen) atoms. The zero-order chi connectivity index (χ0) is 22.9. The smallest absolute Gasteiger partial charge is 0.251 e. The maximum atomic E-state index is 12.7. The molecule has 2 aromatic rings. The van der Waals surface area contributed by atoms with Crippen LogP contribution in [0.4, 0.5) is 5.69 Å². The first kappa shape index (κ1) is 24.2. The summed E-state index contributed by atoms with van der Waals surface area (Å²) >= 11 is 0. The van der Waals surface area contributed by atoms with Gasteiger partial charge in [0.25, 0.3) is 5.91 Å². The van der Waals surface area contributed by atoms with Crippen LogP contribution in [0.5, 0.6) is 11.5 Å². The maximum absolute atomic E-state index is 12.7. The molecule has 2 amide bonds. The second-order valence-corrected chi connectivity index (χ2v) is 8.12. The van der Waals surface area contributed by atoms with E-state index in [-0.39, 0.29) is 35.5 Å². The van der Waals surface area contributed by atoms with E-state index in [4.69, 9.17) is 9.47 Å². The van der Waals surface area contributed by atoms with Crippen LogP contribution in [-0.4, -0.2) is 46.5 Å². The molecule has 0 aliphatic rings. The van der Waals surface area contributed by atoms with E-state index in [1.165, 1.54) is 13.0 Å². The number of ether oxygens (including phenoxy) is 2. The molecule has 0 saturated carbocycles. The van der Waals surface area contributed by atoms with Gasteiger partial charge in [0, 0.05) is 37.3 Å². The molecule has 168 valence electrons. The first-order chi connectivity index (χ1) is 14.8. The third-order valence-corrected chi connectivity index (χ3v) is 5.47. The van der Waals surface area contributed by atoms with Crippen molar-refractivity contribution < 1.29 is 27.5 Å². The molecule has 10 heteroatoms. The third kappa shape index (κ3) is 7.26. The molecule has 0 saturated heterocycles. The summed E-state index contributed by atoms with van der Waals surface area (Å²) < 4.78 is 38.7. The highest BCUT2D eigenvalue weighted by Crippen LogP contribution is 2.28. The van der Waals surface area contributed by atoms with Gasteiger partial charge in [-0.1, -0.05) is 0 Å². The van der Waals surface area contributed by atoms with E-state index >= 15 is 0 Å². The number of hydrogen-bond acceptors (Lipinski definition) is 6. The molecule has 0 bridgehead atoms. The fraction of sp³-hybridized carbons (Fsp3) is 0.333. The Morgan fingerprint density at radius 1 is 0.935 bits per heavy atom. The van der Waals surface area contributed by atoms with Crippen molar-refractivity contribution in [3.63, 3.8) is 0 Å². The molecule has 2 rings (SSSR count). The largest absolute Gasteiger partial charge is 0.494 e. The lowest BCUT2D eigenvalue weighted by molar-refractivity contribution is -0.114. The summed E-state index contributed by atoms with van der Waals surface area (Å²) in [4.78, 5) is 23.2. The monoisotopic (exact) mass is 449 g/mol. The Labute approximate surface area is 182 Å². The van der Waals surface area contributed by atoms with E-state index in [0.29, 0.717) is 30.2 Å². The normalized spacial score (nSPS) is 10.9. The van der Waals surface area contributed by atoms with E-state index in [9.17, 15) is 18.0 Å². The van der Waals surface area contributed by atoms with E-state index < -0.39 is 10.0 Å². The first-order valence-corrected chi connectivity index (χ1v) is 11.3. The van der Waals surface area contributed by atoms with Crippen molar-refractivity contribution in [2.75, 3.05) is 31.6 Å². The molecule has 0 aliphatic heterocycles. The number of carbonyl (C=O) groups excluding carboxylic acids is 2. The summed E-state index contributed by atoms with van der Waals surface area (Å²) in [6.45, 7) is 5.75. The summed E-state index contributed by atoms with van der Waals surface area (Å²) in [6, 6.07) is 11.0. The summed E-state index contributed by atoms with van der Waals surface area (Å²) in [7, 11) is -3.88. The summed E-state index contributed by atoms with van der Waals surface area (Å²) in [5.41, 5.74) is 0.969. The molecule has 0 aromatic heterocycles. The van der Waals surface area contributed by atoms with Gasteiger partial charge >= 0.3 is 0 Å². The maximum Gasteiger partial charge on any atom is 0.251 e. The SMILES string of the molecule is CCOc1ccc(OCC)c(S(=O)(=O)NCCNC(=O)c2ccc(NC(C)=O)cc2)c1. The Kier molecular flexibility index (Phi) is 8.83. The minimum Gasteiger partial charge on any atom is -0.494 e. The van der Waals surface area contributed by atoms with Crippen molar-refractivity contribution in [1.82, 2.24) is 10.0 Å². The van der Waals surface area contributed by atoms with Crippen LogP contribution >= 0.6 is 0 Å². The van der Waals surface area contributed by atoms with Crippen LogP contribution in [0, 0.1) is 0 Å². The van der Waals surface area contributed by atoms with E-state index in [2.05, 4.69) is 15.4 Å². The number of carbonyl (C=O) groups is 2. The van der Waals surface area contributed by atoms with Gasteiger partial charge in [-0.2, -0.15) is 0 Å². The van der Waals surface area contributed by atoms with Crippen LogP contribution in [0.3, 0.4) is 0 Å². The minimum atomic E-state index is -3.88. The predicted octanol–water partition coefficient (Wildman–Crippen LogP) is 2.15. The molecule has 0 spiro atoms. The van der Waals surface area contributed by atoms with Gasteiger partial charge in [0.05, 0.1) is 13.2 Å². The molecule has 0 aliphatic carbocycles. The number of hydrogen-bond donors (Lipinski definition) is 3. The molecular formula is C21H27N3O6S. The number of anilines is 1. The quantitative estimate of drug-likeness (QED) is 0.452. The van der Waals surface area contributed by atoms with E-state index in [0.717, 1.165) is 0 Å². The average molecular weight is 450 g/mol. The Hall–Kier alpha value is -3.11. The standard InChI is InChI=1S/C21H27N3O6S/c1-4-29-18-10-11-19(30-5-2)20(14-18)31(27,28)23-13-12-22-21(26)16-6-8-17(9-7-16)24-15(3)25/h6-11,14,23H,4-5,12-13H2,1-3H3,(H,22,26)(H,24,25). The molecule has 0 fully saturated rings. The molecule has 0 unspecified atom stereocenters. The van der Waals surface area contributed by atoms with E-state index in [1.54, 1.807) is 50.2 Å². The van der Waals surface area contributed by atoms with E-state index in [1.807, 2.05) is 0 Å². The van der Waals surface area contributed by atoms with Crippen molar-refractivity contribution in [2.45, 2.75) is 25.7 Å². The van der Waals surface area contributed by atoms with Gasteiger partial charge in [-0.25, -0.2) is 13.1 Å². The molecule has 0 radical (unpaired) electrons. The second-order valence-electron chi connectivity index (χ2n) is 6.39. The number of benzene rings is 2. The van der Waals surface area contributed by atoms with Crippen LogP contribution < -0.4 is 24.8 Å². The Bertz CT molecular complexity index is 1010. The summed E-state index contributed by atoms with van der Waals surface area (Å²) in [5.74, 6) is 0.0785. The zero-order valence-electron chi connectivity index (χ0n) is 17.7. The van der Waals surface area contributed by atoms with Gasteiger partial charge < -0.3 is 20.1 Å². The van der Waals surface area contributed by atoms with Crippen molar-refractivity contribution in [2.24, 2.45) is 0 Å². The Morgan fingerprint density at radius 2 is 1.61 bits per heavy atom. The molecule has 9 nitrogen and oxygen atoms in total. The van der Waals surface area contributed by atoms with Crippen molar-refractivity contribution in [1.29, 1.82) is 0 Å². The van der Waals surface area contributed by atoms with Crippen LogP contribution in [0.1, 0.15) is 31.1 Å². The van der Waals surface area contributed by atoms with Crippen molar-refractivity contribution >= 4 is 27.5 Å². The lowest BCUT2D eigenvalue weighted by atomic mass is 10.2. The van der Waals surface area contributed by atoms with Gasteiger partial charge in [0.1, 0.15) is 16.4 Å². The highest BCUT2D eigenvalue weighted by Gasteiger charge is 2.20. The van der Waals surface area contributed by atoms with Crippen LogP contribution in [0.15, 0.2) is 47.4 Å². The average Bonchev–Trinajstić information content (AvgIpc) is 2.72. The number of nitrogens with one attached hydrogen (secondary N) is 3. The van der Waals surface area contributed by atoms with Crippen molar-refractivity contribution in [3.05, 3.63) is 48.0 Å². The molecule has 3 N–H and O–H groups in total. The van der Waals surface area contributed by atoms with Crippen LogP contribution in [0.2, 0.25) is 0 Å². The second kappa shape index (κ2) is 11.3. The molecule has 0 heterocycles. The first-order valence-electron chi connectivity index (χ1n) is 9.82. The zero-order valence-corrected chi connectivity index (χ0v) is 18.5. The predicted molar refractivity (Wildman–Crippen MR) is 117 cm³/mol. The molecule has 2 aromatic carbocycles. The van der Waals surface area contributed by atoms with Crippen LogP contribution in [0.25, 0.3) is 0 Å². The van der Waals surface area contributed by atoms with Gasteiger partial charge in [-0.15, -0.1) is 0 Å². The minimum absolute atomic E-state index is 0.0114. The third-order valence-electron chi connectivity index (χ3n) is 3.99. The lowest BCUT2D eigenvalue weighted by Gasteiger charge is -2.14.